The third-order valence-corrected chi connectivity index (χ3v) is 3.55. The molecule has 0 saturated carbocycles. The maximum atomic E-state index is 4.45. The molecule has 2 N–H and O–H groups in total. The molecule has 17 heavy (non-hydrogen) atoms. The maximum Gasteiger partial charge on any atom is 0.156 e. The van der Waals surface area contributed by atoms with E-state index in [1.54, 1.807) is 0 Å². The lowest BCUT2D eigenvalue weighted by molar-refractivity contribution is 0.731. The third kappa shape index (κ3) is 1.23. The standard InChI is InChI=1S/C12H13N5/c1-3-13-5-8(1)10-6-15-11-7-16-12-9(17(10)11)2-4-14-12/h2,4,6-8,13-14H,1,3,5H2/t8-/m1/s1. The zero-order valence-corrected chi connectivity index (χ0v) is 9.35. The van der Waals surface area contributed by atoms with Crippen LogP contribution in [-0.4, -0.2) is 32.4 Å². The van der Waals surface area contributed by atoms with Gasteiger partial charge in [-0.3, -0.25) is 4.40 Å². The Balaban J connectivity index is 2.05. The van der Waals surface area contributed by atoms with E-state index in [0.717, 1.165) is 29.9 Å². The first kappa shape index (κ1) is 9.18. The van der Waals surface area contributed by atoms with Crippen molar-refractivity contribution in [3.05, 3.63) is 30.4 Å². The summed E-state index contributed by atoms with van der Waals surface area (Å²) >= 11 is 0. The Morgan fingerprint density at radius 1 is 1.29 bits per heavy atom. The van der Waals surface area contributed by atoms with Crippen molar-refractivity contribution < 1.29 is 0 Å². The molecule has 0 bridgehead atoms. The summed E-state index contributed by atoms with van der Waals surface area (Å²) in [4.78, 5) is 12.0. The molecular formula is C12H13N5. The van der Waals surface area contributed by atoms with Crippen LogP contribution in [0.15, 0.2) is 24.7 Å². The number of hydrogen-bond acceptors (Lipinski definition) is 3. The van der Waals surface area contributed by atoms with Crippen LogP contribution in [0.3, 0.4) is 0 Å². The summed E-state index contributed by atoms with van der Waals surface area (Å²) in [6.45, 7) is 2.14. The largest absolute Gasteiger partial charge is 0.345 e. The van der Waals surface area contributed by atoms with Gasteiger partial charge in [0.1, 0.15) is 0 Å². The first-order chi connectivity index (χ1) is 8.43. The van der Waals surface area contributed by atoms with Gasteiger partial charge in [-0.2, -0.15) is 0 Å². The van der Waals surface area contributed by atoms with Crippen molar-refractivity contribution in [2.45, 2.75) is 12.3 Å². The minimum absolute atomic E-state index is 0.561. The number of aromatic amines is 1. The van der Waals surface area contributed by atoms with Crippen LogP contribution < -0.4 is 5.32 Å². The van der Waals surface area contributed by atoms with Crippen molar-refractivity contribution >= 4 is 16.8 Å². The highest BCUT2D eigenvalue weighted by atomic mass is 15.1. The predicted octanol–water partition coefficient (Wildman–Crippen LogP) is 1.29. The molecule has 1 aliphatic heterocycles. The lowest BCUT2D eigenvalue weighted by atomic mass is 10.1. The Morgan fingerprint density at radius 3 is 3.18 bits per heavy atom. The highest BCUT2D eigenvalue weighted by molar-refractivity contribution is 5.74. The van der Waals surface area contributed by atoms with Gasteiger partial charge in [0.05, 0.1) is 11.7 Å². The molecule has 3 aromatic heterocycles. The Morgan fingerprint density at radius 2 is 2.29 bits per heavy atom. The molecule has 5 heteroatoms. The Kier molecular flexibility index (Phi) is 1.78. The molecule has 0 radical (unpaired) electrons. The van der Waals surface area contributed by atoms with Gasteiger partial charge in [0.25, 0.3) is 0 Å². The van der Waals surface area contributed by atoms with Crippen molar-refractivity contribution in [1.82, 2.24) is 24.7 Å². The molecule has 0 amide bonds. The van der Waals surface area contributed by atoms with Crippen LogP contribution in [0.5, 0.6) is 0 Å². The molecule has 5 nitrogen and oxygen atoms in total. The number of nitrogens with one attached hydrogen (secondary N) is 2. The van der Waals surface area contributed by atoms with Crippen LogP contribution in [0, 0.1) is 0 Å². The number of hydrogen-bond donors (Lipinski definition) is 2. The first-order valence-electron chi connectivity index (χ1n) is 5.93. The third-order valence-electron chi connectivity index (χ3n) is 3.55. The molecule has 0 aliphatic carbocycles. The van der Waals surface area contributed by atoms with Crippen LogP contribution in [0.4, 0.5) is 0 Å². The van der Waals surface area contributed by atoms with Crippen LogP contribution in [-0.2, 0) is 0 Å². The average Bonchev–Trinajstić information content (AvgIpc) is 3.08. The van der Waals surface area contributed by atoms with Crippen LogP contribution in [0.1, 0.15) is 18.0 Å². The minimum Gasteiger partial charge on any atom is -0.345 e. The first-order valence-corrected chi connectivity index (χ1v) is 5.93. The Hall–Kier alpha value is -1.88. The van der Waals surface area contributed by atoms with Gasteiger partial charge in [0, 0.05) is 30.6 Å². The van der Waals surface area contributed by atoms with Crippen molar-refractivity contribution in [2.75, 3.05) is 13.1 Å². The lowest BCUT2D eigenvalue weighted by Crippen LogP contribution is -2.09. The quantitative estimate of drug-likeness (QED) is 0.658. The van der Waals surface area contributed by atoms with E-state index in [0.29, 0.717) is 5.92 Å². The van der Waals surface area contributed by atoms with Crippen LogP contribution in [0.2, 0.25) is 0 Å². The molecule has 4 rings (SSSR count). The summed E-state index contributed by atoms with van der Waals surface area (Å²) in [7, 11) is 0. The fraction of sp³-hybridized carbons (Fsp3) is 0.333. The summed E-state index contributed by atoms with van der Waals surface area (Å²) in [5.74, 6) is 0.561. The molecule has 1 atom stereocenters. The van der Waals surface area contributed by atoms with Crippen molar-refractivity contribution in [1.29, 1.82) is 0 Å². The zero-order valence-electron chi connectivity index (χ0n) is 9.35. The predicted molar refractivity (Wildman–Crippen MR) is 65.1 cm³/mol. The number of fused-ring (bicyclic) bond motifs is 3. The van der Waals surface area contributed by atoms with Crippen molar-refractivity contribution in [3.8, 4) is 0 Å². The summed E-state index contributed by atoms with van der Waals surface area (Å²) in [5.41, 5.74) is 4.25. The van der Waals surface area contributed by atoms with E-state index in [-0.39, 0.29) is 0 Å². The molecule has 4 heterocycles. The molecule has 1 fully saturated rings. The monoisotopic (exact) mass is 227 g/mol. The average molecular weight is 227 g/mol. The van der Waals surface area contributed by atoms with Crippen molar-refractivity contribution in [3.63, 3.8) is 0 Å². The van der Waals surface area contributed by atoms with E-state index in [4.69, 9.17) is 0 Å². The molecular weight excluding hydrogens is 214 g/mol. The van der Waals surface area contributed by atoms with E-state index in [9.17, 15) is 0 Å². The van der Waals surface area contributed by atoms with Gasteiger partial charge in [-0.15, -0.1) is 0 Å². The zero-order chi connectivity index (χ0) is 11.2. The number of imidazole rings is 1. The maximum absolute atomic E-state index is 4.45. The molecule has 0 aromatic carbocycles. The fourth-order valence-electron chi connectivity index (χ4n) is 2.69. The van der Waals surface area contributed by atoms with Crippen molar-refractivity contribution in [2.24, 2.45) is 0 Å². The van der Waals surface area contributed by atoms with E-state index in [2.05, 4.69) is 30.7 Å². The number of rotatable bonds is 1. The van der Waals surface area contributed by atoms with E-state index < -0.39 is 0 Å². The molecule has 1 saturated heterocycles. The Labute approximate surface area is 97.9 Å². The van der Waals surface area contributed by atoms with Gasteiger partial charge < -0.3 is 10.3 Å². The molecule has 3 aromatic rings. The van der Waals surface area contributed by atoms with Crippen LogP contribution in [0.25, 0.3) is 16.8 Å². The van der Waals surface area contributed by atoms with E-state index in [1.807, 2.05) is 18.6 Å². The van der Waals surface area contributed by atoms with Gasteiger partial charge in [-0.1, -0.05) is 0 Å². The topological polar surface area (TPSA) is 58.0 Å². The summed E-state index contributed by atoms with van der Waals surface area (Å²) < 4.78 is 2.22. The molecule has 86 valence electrons. The van der Waals surface area contributed by atoms with E-state index in [1.165, 1.54) is 12.1 Å². The molecule has 0 spiro atoms. The normalized spacial score (nSPS) is 20.6. The second kappa shape index (κ2) is 3.30. The number of nitrogens with zero attached hydrogens (tertiary/aromatic N) is 3. The second-order valence-electron chi connectivity index (χ2n) is 4.54. The fourth-order valence-corrected chi connectivity index (χ4v) is 2.69. The number of H-pyrrole nitrogens is 1. The van der Waals surface area contributed by atoms with Gasteiger partial charge in [0.2, 0.25) is 0 Å². The van der Waals surface area contributed by atoms with Gasteiger partial charge in [0.15, 0.2) is 11.3 Å². The Bertz CT molecular complexity index is 674. The SMILES string of the molecule is c1cc2c(ncc3ncc([C@@H]4CCNC4)n32)[nH]1. The van der Waals surface area contributed by atoms with Gasteiger partial charge >= 0.3 is 0 Å². The lowest BCUT2D eigenvalue weighted by Gasteiger charge is -2.08. The van der Waals surface area contributed by atoms with Crippen LogP contribution >= 0.6 is 0 Å². The molecule has 0 unspecified atom stereocenters. The summed E-state index contributed by atoms with van der Waals surface area (Å²) in [6, 6.07) is 2.06. The van der Waals surface area contributed by atoms with Gasteiger partial charge in [-0.05, 0) is 19.0 Å². The number of aromatic nitrogens is 4. The van der Waals surface area contributed by atoms with E-state index >= 15 is 0 Å². The highest BCUT2D eigenvalue weighted by Crippen LogP contribution is 2.25. The second-order valence-corrected chi connectivity index (χ2v) is 4.54. The highest BCUT2D eigenvalue weighted by Gasteiger charge is 2.21. The molecule has 1 aliphatic rings. The summed E-state index contributed by atoms with van der Waals surface area (Å²) in [6.07, 6.45) is 6.92. The summed E-state index contributed by atoms with van der Waals surface area (Å²) in [5, 5.41) is 3.40. The minimum atomic E-state index is 0.561. The van der Waals surface area contributed by atoms with Gasteiger partial charge in [-0.25, -0.2) is 9.97 Å². The smallest absolute Gasteiger partial charge is 0.156 e.